The third-order valence-electron chi connectivity index (χ3n) is 4.45. The molecule has 0 aliphatic carbocycles. The number of thiophene rings is 1. The minimum atomic E-state index is -4.35. The van der Waals surface area contributed by atoms with Crippen LogP contribution >= 0.6 is 22.7 Å². The summed E-state index contributed by atoms with van der Waals surface area (Å²) in [5.41, 5.74) is 2.67. The molecule has 5 nitrogen and oxygen atoms in total. The highest BCUT2D eigenvalue weighted by Crippen LogP contribution is 2.37. The lowest BCUT2D eigenvalue weighted by Gasteiger charge is -2.26. The molecule has 10 heteroatoms. The maximum atomic E-state index is 12.7. The predicted molar refractivity (Wildman–Crippen MR) is 101 cm³/mol. The number of fused-ring (bicyclic) bond motifs is 1. The molecular formula is C18H14F3N3O2S2. The number of alkyl halides is 3. The average molecular weight is 425 g/mol. The van der Waals surface area contributed by atoms with Crippen molar-refractivity contribution in [2.24, 2.45) is 0 Å². The molecule has 0 spiro atoms. The van der Waals surface area contributed by atoms with E-state index in [2.05, 4.69) is 9.88 Å². The maximum Gasteiger partial charge on any atom is 0.416 e. The normalized spacial score (nSPS) is 14.1. The second-order valence-corrected chi connectivity index (χ2v) is 8.40. The van der Waals surface area contributed by atoms with E-state index in [1.165, 1.54) is 34.8 Å². The van der Waals surface area contributed by atoms with Gasteiger partial charge in [-0.3, -0.25) is 10.0 Å². The molecule has 3 aromatic rings. The SMILES string of the molecule is O=C(NO)c1cc2c(s1)CCN(c1ncc(-c3ccc(C(F)(F)F)cc3)s1)C2. The summed E-state index contributed by atoms with van der Waals surface area (Å²) in [4.78, 5) is 20.4. The molecule has 0 saturated heterocycles. The molecule has 1 aliphatic heterocycles. The van der Waals surface area contributed by atoms with Crippen LogP contribution in [0.25, 0.3) is 10.4 Å². The Hall–Kier alpha value is -2.43. The molecule has 3 heterocycles. The molecule has 2 N–H and O–H groups in total. The zero-order valence-electron chi connectivity index (χ0n) is 14.3. The second-order valence-electron chi connectivity index (χ2n) is 6.25. The number of amides is 1. The molecule has 146 valence electrons. The summed E-state index contributed by atoms with van der Waals surface area (Å²) in [6, 6.07) is 6.81. The highest BCUT2D eigenvalue weighted by Gasteiger charge is 2.30. The Kier molecular flexibility index (Phi) is 4.86. The van der Waals surface area contributed by atoms with Crippen molar-refractivity contribution in [1.29, 1.82) is 0 Å². The number of hydroxylamine groups is 1. The Morgan fingerprint density at radius 1 is 1.21 bits per heavy atom. The third-order valence-corrected chi connectivity index (χ3v) is 6.80. The van der Waals surface area contributed by atoms with Crippen LogP contribution in [0.15, 0.2) is 36.5 Å². The molecule has 1 amide bonds. The summed E-state index contributed by atoms with van der Waals surface area (Å²) in [7, 11) is 0. The summed E-state index contributed by atoms with van der Waals surface area (Å²) >= 11 is 2.78. The fraction of sp³-hybridized carbons (Fsp3) is 0.222. The van der Waals surface area contributed by atoms with Gasteiger partial charge in [0, 0.05) is 24.2 Å². The number of halogens is 3. The van der Waals surface area contributed by atoms with Crippen molar-refractivity contribution in [2.75, 3.05) is 11.4 Å². The van der Waals surface area contributed by atoms with Gasteiger partial charge in [0.1, 0.15) is 0 Å². The Bertz CT molecular complexity index is 1010. The van der Waals surface area contributed by atoms with Gasteiger partial charge in [0.05, 0.1) is 15.3 Å². The van der Waals surface area contributed by atoms with Crippen LogP contribution < -0.4 is 10.4 Å². The van der Waals surface area contributed by atoms with Crippen LogP contribution in [0.2, 0.25) is 0 Å². The minimum Gasteiger partial charge on any atom is -0.343 e. The van der Waals surface area contributed by atoms with Crippen LogP contribution in [-0.2, 0) is 19.1 Å². The standard InChI is InChI=1S/C18H14F3N3O2S2/c19-18(20,21)12-3-1-10(2-4-12)15-8-22-17(28-15)24-6-5-13-11(9-24)7-14(27-13)16(25)23-26/h1-4,7-8,26H,5-6,9H2,(H,23,25). The summed E-state index contributed by atoms with van der Waals surface area (Å²) < 4.78 is 38.1. The van der Waals surface area contributed by atoms with Gasteiger partial charge in [-0.15, -0.1) is 11.3 Å². The zero-order chi connectivity index (χ0) is 19.9. The number of thiazole rings is 1. The van der Waals surface area contributed by atoms with Crippen LogP contribution in [0.3, 0.4) is 0 Å². The van der Waals surface area contributed by atoms with E-state index >= 15 is 0 Å². The van der Waals surface area contributed by atoms with Crippen LogP contribution in [0, 0.1) is 0 Å². The molecule has 2 aromatic heterocycles. The van der Waals surface area contributed by atoms with E-state index < -0.39 is 17.6 Å². The average Bonchev–Trinajstić information content (AvgIpc) is 3.33. The van der Waals surface area contributed by atoms with Gasteiger partial charge in [0.25, 0.3) is 5.91 Å². The monoisotopic (exact) mass is 425 g/mol. The lowest BCUT2D eigenvalue weighted by Crippen LogP contribution is -2.29. The quantitative estimate of drug-likeness (QED) is 0.477. The van der Waals surface area contributed by atoms with E-state index in [0.29, 0.717) is 17.0 Å². The number of hydrogen-bond donors (Lipinski definition) is 2. The smallest absolute Gasteiger partial charge is 0.343 e. The number of rotatable bonds is 3. The highest BCUT2D eigenvalue weighted by atomic mass is 32.1. The molecule has 0 unspecified atom stereocenters. The van der Waals surface area contributed by atoms with E-state index in [9.17, 15) is 18.0 Å². The fourth-order valence-electron chi connectivity index (χ4n) is 3.03. The first-order valence-electron chi connectivity index (χ1n) is 8.29. The molecule has 0 radical (unpaired) electrons. The summed E-state index contributed by atoms with van der Waals surface area (Å²) in [5.74, 6) is -0.523. The topological polar surface area (TPSA) is 65.5 Å². The number of anilines is 1. The minimum absolute atomic E-state index is 0.457. The molecule has 4 rings (SSSR count). The van der Waals surface area contributed by atoms with Crippen molar-refractivity contribution in [3.05, 3.63) is 57.4 Å². The van der Waals surface area contributed by atoms with Gasteiger partial charge in [-0.25, -0.2) is 10.5 Å². The van der Waals surface area contributed by atoms with E-state index in [1.54, 1.807) is 17.7 Å². The lowest BCUT2D eigenvalue weighted by atomic mass is 10.1. The van der Waals surface area contributed by atoms with Gasteiger partial charge in [0.15, 0.2) is 5.13 Å². The van der Waals surface area contributed by atoms with Gasteiger partial charge in [-0.2, -0.15) is 13.2 Å². The van der Waals surface area contributed by atoms with Crippen LogP contribution in [0.4, 0.5) is 18.3 Å². The molecular weight excluding hydrogens is 411 g/mol. The summed E-state index contributed by atoms with van der Waals surface area (Å²) in [6.07, 6.45) is -1.93. The van der Waals surface area contributed by atoms with Crippen molar-refractivity contribution in [3.63, 3.8) is 0 Å². The molecule has 0 bridgehead atoms. The number of hydrogen-bond acceptors (Lipinski definition) is 6. The van der Waals surface area contributed by atoms with E-state index in [4.69, 9.17) is 5.21 Å². The summed E-state index contributed by atoms with van der Waals surface area (Å²) in [6.45, 7) is 1.32. The first-order valence-corrected chi connectivity index (χ1v) is 9.93. The van der Waals surface area contributed by atoms with Gasteiger partial charge in [0.2, 0.25) is 0 Å². The summed E-state index contributed by atoms with van der Waals surface area (Å²) in [5, 5.41) is 9.56. The molecule has 0 saturated carbocycles. The van der Waals surface area contributed by atoms with Crippen molar-refractivity contribution in [3.8, 4) is 10.4 Å². The maximum absolute atomic E-state index is 12.7. The molecule has 0 fully saturated rings. The predicted octanol–water partition coefficient (Wildman–Crippen LogP) is 4.57. The third kappa shape index (κ3) is 3.62. The lowest BCUT2D eigenvalue weighted by molar-refractivity contribution is -0.137. The first kappa shape index (κ1) is 18.9. The number of nitrogens with zero attached hydrogens (tertiary/aromatic N) is 2. The zero-order valence-corrected chi connectivity index (χ0v) is 15.9. The van der Waals surface area contributed by atoms with E-state index in [-0.39, 0.29) is 0 Å². The molecule has 1 aliphatic rings. The van der Waals surface area contributed by atoms with E-state index in [0.717, 1.165) is 45.5 Å². The molecule has 28 heavy (non-hydrogen) atoms. The Morgan fingerprint density at radius 2 is 1.96 bits per heavy atom. The van der Waals surface area contributed by atoms with E-state index in [1.807, 2.05) is 0 Å². The second kappa shape index (κ2) is 7.19. The first-order chi connectivity index (χ1) is 13.3. The van der Waals surface area contributed by atoms with Gasteiger partial charge >= 0.3 is 6.18 Å². The van der Waals surface area contributed by atoms with Crippen LogP contribution in [0.5, 0.6) is 0 Å². The Labute approximate surface area is 166 Å². The Balaban J connectivity index is 1.52. The fourth-order valence-corrected chi connectivity index (χ4v) is 5.03. The number of carbonyl (C=O) groups is 1. The van der Waals surface area contributed by atoms with Gasteiger partial charge < -0.3 is 4.90 Å². The van der Waals surface area contributed by atoms with Gasteiger partial charge in [-0.1, -0.05) is 23.5 Å². The number of carbonyl (C=O) groups excluding carboxylic acids is 1. The largest absolute Gasteiger partial charge is 0.416 e. The van der Waals surface area contributed by atoms with Gasteiger partial charge in [-0.05, 0) is 35.7 Å². The van der Waals surface area contributed by atoms with Crippen molar-refractivity contribution >= 4 is 33.7 Å². The number of aromatic nitrogens is 1. The van der Waals surface area contributed by atoms with Crippen molar-refractivity contribution in [2.45, 2.75) is 19.1 Å². The van der Waals surface area contributed by atoms with Crippen LogP contribution in [0.1, 0.15) is 25.7 Å². The van der Waals surface area contributed by atoms with Crippen molar-refractivity contribution in [1.82, 2.24) is 10.5 Å². The van der Waals surface area contributed by atoms with Crippen LogP contribution in [-0.4, -0.2) is 22.6 Å². The molecule has 1 aromatic carbocycles. The highest BCUT2D eigenvalue weighted by molar-refractivity contribution is 7.19. The molecule has 0 atom stereocenters. The Morgan fingerprint density at radius 3 is 2.64 bits per heavy atom. The number of benzene rings is 1. The number of nitrogens with one attached hydrogen (secondary N) is 1. The van der Waals surface area contributed by atoms with Crippen molar-refractivity contribution < 1.29 is 23.2 Å².